The molecule has 1 heterocycles. The van der Waals surface area contributed by atoms with Crippen molar-refractivity contribution in [2.45, 2.75) is 32.4 Å². The fraction of sp³-hybridized carbons (Fsp3) is 0.333. The molecule has 0 aliphatic carbocycles. The predicted molar refractivity (Wildman–Crippen MR) is 129 cm³/mol. The zero-order chi connectivity index (χ0) is 25.6. The molecule has 0 radical (unpaired) electrons. The van der Waals surface area contributed by atoms with Gasteiger partial charge in [-0.05, 0) is 74.4 Å². The smallest absolute Gasteiger partial charge is 0.163 e. The van der Waals surface area contributed by atoms with Crippen molar-refractivity contribution in [2.75, 3.05) is 27.4 Å². The molecule has 8 heteroatoms. The Bertz CT molecular complexity index is 1200. The van der Waals surface area contributed by atoms with E-state index in [-0.39, 0.29) is 43.3 Å². The van der Waals surface area contributed by atoms with Gasteiger partial charge in [-0.2, -0.15) is 0 Å². The number of hydrogen-bond acceptors (Lipinski definition) is 6. The average molecular weight is 486 g/mol. The third-order valence-corrected chi connectivity index (χ3v) is 5.70. The summed E-state index contributed by atoms with van der Waals surface area (Å²) in [5.41, 5.74) is 0.0396. The molecule has 0 aliphatic heterocycles. The number of ether oxygens (including phenoxy) is 3. The summed E-state index contributed by atoms with van der Waals surface area (Å²) in [6.07, 6.45) is -0.163. The SMILES string of the molecule is COc1cc(C(=O)CCC(C)(F)c2ccc(OC)c(-c3ccc(F)c(C)c3)n2)ccc1OCCO. The largest absolute Gasteiger partial charge is 0.494 e. The highest BCUT2D eigenvalue weighted by atomic mass is 19.1. The molecule has 0 saturated carbocycles. The van der Waals surface area contributed by atoms with Crippen molar-refractivity contribution in [3.05, 3.63) is 71.2 Å². The quantitative estimate of drug-likeness (QED) is 0.365. The van der Waals surface area contributed by atoms with Gasteiger partial charge in [-0.15, -0.1) is 0 Å². The second kappa shape index (κ2) is 11.3. The lowest BCUT2D eigenvalue weighted by Gasteiger charge is -2.21. The highest BCUT2D eigenvalue weighted by Crippen LogP contribution is 2.36. The maximum Gasteiger partial charge on any atom is 0.163 e. The van der Waals surface area contributed by atoms with Gasteiger partial charge in [-0.25, -0.2) is 13.8 Å². The number of pyridine rings is 1. The Balaban J connectivity index is 1.80. The van der Waals surface area contributed by atoms with Gasteiger partial charge in [0.1, 0.15) is 29.5 Å². The second-order valence-electron chi connectivity index (χ2n) is 8.27. The number of benzene rings is 2. The molecule has 35 heavy (non-hydrogen) atoms. The molecule has 0 saturated heterocycles. The molecule has 1 aromatic heterocycles. The molecule has 0 fully saturated rings. The van der Waals surface area contributed by atoms with Crippen LogP contribution >= 0.6 is 0 Å². The summed E-state index contributed by atoms with van der Waals surface area (Å²) in [6, 6.07) is 12.4. The van der Waals surface area contributed by atoms with Crippen LogP contribution in [-0.2, 0) is 5.67 Å². The highest BCUT2D eigenvalue weighted by molar-refractivity contribution is 5.96. The van der Waals surface area contributed by atoms with E-state index in [0.29, 0.717) is 39.6 Å². The molecule has 1 N–H and O–H groups in total. The van der Waals surface area contributed by atoms with Gasteiger partial charge in [0.05, 0.1) is 26.5 Å². The summed E-state index contributed by atoms with van der Waals surface area (Å²) >= 11 is 0. The summed E-state index contributed by atoms with van der Waals surface area (Å²) < 4.78 is 45.5. The van der Waals surface area contributed by atoms with Gasteiger partial charge < -0.3 is 19.3 Å². The van der Waals surface area contributed by atoms with Crippen molar-refractivity contribution >= 4 is 5.78 Å². The van der Waals surface area contributed by atoms with Crippen LogP contribution < -0.4 is 14.2 Å². The lowest BCUT2D eigenvalue weighted by Crippen LogP contribution is -2.19. The van der Waals surface area contributed by atoms with E-state index in [1.165, 1.54) is 39.3 Å². The summed E-state index contributed by atoms with van der Waals surface area (Å²) in [6.45, 7) is 2.96. The van der Waals surface area contributed by atoms with Gasteiger partial charge in [0.25, 0.3) is 0 Å². The zero-order valence-corrected chi connectivity index (χ0v) is 20.2. The maximum absolute atomic E-state index is 15.7. The Morgan fingerprint density at radius 3 is 2.40 bits per heavy atom. The summed E-state index contributed by atoms with van der Waals surface area (Å²) in [7, 11) is 2.93. The zero-order valence-electron chi connectivity index (χ0n) is 20.2. The molecule has 1 atom stereocenters. The topological polar surface area (TPSA) is 77.9 Å². The van der Waals surface area contributed by atoms with Crippen LogP contribution in [0.3, 0.4) is 0 Å². The highest BCUT2D eigenvalue weighted by Gasteiger charge is 2.30. The number of carbonyl (C=O) groups excluding carboxylic acids is 1. The van der Waals surface area contributed by atoms with E-state index in [4.69, 9.17) is 19.3 Å². The molecule has 3 aromatic rings. The third-order valence-electron chi connectivity index (χ3n) is 5.70. The van der Waals surface area contributed by atoms with E-state index in [2.05, 4.69) is 4.98 Å². The number of aliphatic hydroxyl groups is 1. The maximum atomic E-state index is 15.7. The van der Waals surface area contributed by atoms with Crippen LogP contribution in [0.15, 0.2) is 48.5 Å². The number of aryl methyl sites for hydroxylation is 1. The number of nitrogens with zero attached hydrogens (tertiary/aromatic N) is 1. The Hall–Kier alpha value is -3.52. The molecule has 0 amide bonds. The van der Waals surface area contributed by atoms with Crippen LogP contribution in [0.4, 0.5) is 8.78 Å². The molecule has 0 aliphatic rings. The van der Waals surface area contributed by atoms with E-state index in [1.54, 1.807) is 37.3 Å². The van der Waals surface area contributed by atoms with Crippen molar-refractivity contribution < 1.29 is 32.9 Å². The Morgan fingerprint density at radius 2 is 1.74 bits per heavy atom. The monoisotopic (exact) mass is 485 g/mol. The van der Waals surface area contributed by atoms with Gasteiger partial charge in [-0.3, -0.25) is 4.79 Å². The standard InChI is InChI=1S/C27H29F2NO5/c1-17-15-19(5-7-20(17)28)26-23(33-3)9-10-25(30-26)27(2,29)12-11-21(32)18-6-8-22(35-14-13-31)24(16-18)34-4/h5-10,15-16,31H,11-14H2,1-4H3. The van der Waals surface area contributed by atoms with Crippen molar-refractivity contribution in [1.82, 2.24) is 4.98 Å². The van der Waals surface area contributed by atoms with Crippen molar-refractivity contribution in [3.63, 3.8) is 0 Å². The molecular weight excluding hydrogens is 456 g/mol. The number of alkyl halides is 1. The number of aliphatic hydroxyl groups excluding tert-OH is 1. The first-order valence-electron chi connectivity index (χ1n) is 11.2. The molecular formula is C27H29F2NO5. The number of rotatable bonds is 11. The van der Waals surface area contributed by atoms with Crippen molar-refractivity contribution in [1.29, 1.82) is 0 Å². The summed E-state index contributed by atoms with van der Waals surface area (Å²) in [5, 5.41) is 8.93. The van der Waals surface area contributed by atoms with Crippen LogP contribution in [0.25, 0.3) is 11.3 Å². The fourth-order valence-electron chi connectivity index (χ4n) is 3.64. The van der Waals surface area contributed by atoms with Gasteiger partial charge in [0, 0.05) is 17.5 Å². The van der Waals surface area contributed by atoms with Gasteiger partial charge in [0.2, 0.25) is 0 Å². The van der Waals surface area contributed by atoms with Gasteiger partial charge in [-0.1, -0.05) is 0 Å². The molecule has 186 valence electrons. The number of Topliss-reactive ketones (excluding diaryl/α,β-unsaturated/α-hetero) is 1. The first kappa shape index (κ1) is 26.1. The first-order valence-corrected chi connectivity index (χ1v) is 11.2. The Labute approximate surface area is 203 Å². The van der Waals surface area contributed by atoms with Crippen LogP contribution in [0, 0.1) is 12.7 Å². The van der Waals surface area contributed by atoms with E-state index < -0.39 is 5.67 Å². The Kier molecular flexibility index (Phi) is 8.40. The van der Waals surface area contributed by atoms with Crippen LogP contribution in [0.2, 0.25) is 0 Å². The first-order chi connectivity index (χ1) is 16.7. The Morgan fingerprint density at radius 1 is 1.03 bits per heavy atom. The van der Waals surface area contributed by atoms with E-state index in [9.17, 15) is 9.18 Å². The lowest BCUT2D eigenvalue weighted by atomic mass is 9.93. The molecule has 6 nitrogen and oxygen atoms in total. The minimum Gasteiger partial charge on any atom is -0.494 e. The van der Waals surface area contributed by atoms with E-state index >= 15 is 4.39 Å². The lowest BCUT2D eigenvalue weighted by molar-refractivity contribution is 0.0929. The number of aromatic nitrogens is 1. The number of carbonyl (C=O) groups is 1. The molecule has 3 rings (SSSR count). The number of hydrogen-bond donors (Lipinski definition) is 1. The minimum absolute atomic E-state index is 0.0638. The second-order valence-corrected chi connectivity index (χ2v) is 8.27. The number of ketones is 1. The normalized spacial score (nSPS) is 12.7. The van der Waals surface area contributed by atoms with Crippen LogP contribution in [-0.4, -0.2) is 43.3 Å². The molecule has 0 spiro atoms. The summed E-state index contributed by atoms with van der Waals surface area (Å²) in [5.74, 6) is 0.580. The summed E-state index contributed by atoms with van der Waals surface area (Å²) in [4.78, 5) is 17.3. The molecule has 2 aromatic carbocycles. The van der Waals surface area contributed by atoms with Gasteiger partial charge in [0.15, 0.2) is 17.3 Å². The number of methoxy groups -OCH3 is 2. The minimum atomic E-state index is -1.90. The third kappa shape index (κ3) is 6.14. The molecule has 1 unspecified atom stereocenters. The predicted octanol–water partition coefficient (Wildman–Crippen LogP) is 5.43. The molecule has 0 bridgehead atoms. The van der Waals surface area contributed by atoms with E-state index in [1.807, 2.05) is 0 Å². The van der Waals surface area contributed by atoms with Crippen molar-refractivity contribution in [3.8, 4) is 28.5 Å². The van der Waals surface area contributed by atoms with Crippen molar-refractivity contribution in [2.24, 2.45) is 0 Å². The van der Waals surface area contributed by atoms with Crippen LogP contribution in [0.5, 0.6) is 17.2 Å². The van der Waals surface area contributed by atoms with E-state index in [0.717, 1.165) is 0 Å². The van der Waals surface area contributed by atoms with Crippen LogP contribution in [0.1, 0.15) is 41.4 Å². The fourth-order valence-corrected chi connectivity index (χ4v) is 3.64. The number of halogens is 2. The van der Waals surface area contributed by atoms with Gasteiger partial charge >= 0.3 is 0 Å². The average Bonchev–Trinajstić information content (AvgIpc) is 2.87.